The summed E-state index contributed by atoms with van der Waals surface area (Å²) in [6.45, 7) is 2.66. The summed E-state index contributed by atoms with van der Waals surface area (Å²) in [7, 11) is 1.89. The van der Waals surface area contributed by atoms with Gasteiger partial charge in [-0.25, -0.2) is 9.50 Å². The second-order valence-corrected chi connectivity index (χ2v) is 4.31. The summed E-state index contributed by atoms with van der Waals surface area (Å²) >= 11 is 0. The molecule has 0 aliphatic carbocycles. The first-order valence-corrected chi connectivity index (χ1v) is 5.74. The number of hydrogen-bond acceptors (Lipinski definition) is 4. The SMILES string of the molecule is Cc1cc2ncc(CNc3cnn(C)c3)cn2n1. The predicted octanol–water partition coefficient (Wildman–Crippen LogP) is 1.38. The number of nitrogens with zero attached hydrogens (tertiary/aromatic N) is 5. The molecule has 6 heteroatoms. The van der Waals surface area contributed by atoms with Gasteiger partial charge in [0.2, 0.25) is 0 Å². The summed E-state index contributed by atoms with van der Waals surface area (Å²) in [5.41, 5.74) is 3.92. The zero-order chi connectivity index (χ0) is 12.5. The average molecular weight is 242 g/mol. The molecule has 0 atom stereocenters. The highest BCUT2D eigenvalue weighted by atomic mass is 15.3. The Morgan fingerprint density at radius 2 is 2.17 bits per heavy atom. The summed E-state index contributed by atoms with van der Waals surface area (Å²) in [6, 6.07) is 1.96. The lowest BCUT2D eigenvalue weighted by molar-refractivity contribution is 0.768. The molecule has 3 heterocycles. The number of hydrogen-bond donors (Lipinski definition) is 1. The summed E-state index contributed by atoms with van der Waals surface area (Å²) < 4.78 is 3.57. The minimum absolute atomic E-state index is 0.702. The van der Waals surface area contributed by atoms with E-state index < -0.39 is 0 Å². The third-order valence-electron chi connectivity index (χ3n) is 2.69. The smallest absolute Gasteiger partial charge is 0.155 e. The van der Waals surface area contributed by atoms with E-state index in [0.29, 0.717) is 6.54 Å². The van der Waals surface area contributed by atoms with Crippen LogP contribution in [0.4, 0.5) is 5.69 Å². The summed E-state index contributed by atoms with van der Waals surface area (Å²) in [4.78, 5) is 4.36. The lowest BCUT2D eigenvalue weighted by Gasteiger charge is -2.03. The normalized spacial score (nSPS) is 11.0. The first-order valence-electron chi connectivity index (χ1n) is 5.74. The molecule has 0 unspecified atom stereocenters. The van der Waals surface area contributed by atoms with Crippen LogP contribution in [-0.2, 0) is 13.6 Å². The van der Waals surface area contributed by atoms with Gasteiger partial charge < -0.3 is 5.32 Å². The van der Waals surface area contributed by atoms with E-state index in [1.165, 1.54) is 0 Å². The standard InChI is InChI=1S/C12H14N6/c1-9-3-12-14-5-10(7-18(12)16-9)4-13-11-6-15-17(2)8-11/h3,5-8,13H,4H2,1-2H3. The van der Waals surface area contributed by atoms with Crippen LogP contribution in [0.1, 0.15) is 11.3 Å². The lowest BCUT2D eigenvalue weighted by atomic mass is 10.3. The number of rotatable bonds is 3. The van der Waals surface area contributed by atoms with Gasteiger partial charge in [-0.1, -0.05) is 0 Å². The maximum atomic E-state index is 4.36. The van der Waals surface area contributed by atoms with Crippen LogP contribution in [0.25, 0.3) is 5.65 Å². The van der Waals surface area contributed by atoms with Crippen molar-refractivity contribution in [1.82, 2.24) is 24.4 Å². The molecule has 3 aromatic rings. The van der Waals surface area contributed by atoms with Gasteiger partial charge in [0.1, 0.15) is 0 Å². The third kappa shape index (κ3) is 2.04. The molecule has 0 saturated heterocycles. The quantitative estimate of drug-likeness (QED) is 0.754. The number of aromatic nitrogens is 5. The maximum Gasteiger partial charge on any atom is 0.155 e. The largest absolute Gasteiger partial charge is 0.378 e. The van der Waals surface area contributed by atoms with Crippen LogP contribution in [-0.4, -0.2) is 24.4 Å². The van der Waals surface area contributed by atoms with Gasteiger partial charge in [-0.05, 0) is 6.92 Å². The predicted molar refractivity (Wildman–Crippen MR) is 68.3 cm³/mol. The fourth-order valence-electron chi connectivity index (χ4n) is 1.84. The van der Waals surface area contributed by atoms with Crippen LogP contribution in [0.15, 0.2) is 30.9 Å². The third-order valence-corrected chi connectivity index (χ3v) is 2.69. The van der Waals surface area contributed by atoms with Gasteiger partial charge in [0.05, 0.1) is 17.6 Å². The average Bonchev–Trinajstić information content (AvgIpc) is 2.90. The van der Waals surface area contributed by atoms with Crippen molar-refractivity contribution >= 4 is 11.3 Å². The molecule has 0 aromatic carbocycles. The summed E-state index contributed by atoms with van der Waals surface area (Å²) in [5, 5.41) is 11.7. The van der Waals surface area contributed by atoms with E-state index in [2.05, 4.69) is 20.5 Å². The minimum atomic E-state index is 0.702. The highest BCUT2D eigenvalue weighted by molar-refractivity contribution is 5.41. The van der Waals surface area contributed by atoms with Gasteiger partial charge in [0, 0.05) is 43.8 Å². The number of fused-ring (bicyclic) bond motifs is 1. The van der Waals surface area contributed by atoms with Crippen molar-refractivity contribution in [3.05, 3.63) is 42.1 Å². The zero-order valence-electron chi connectivity index (χ0n) is 10.3. The number of aryl methyl sites for hydroxylation is 2. The molecule has 18 heavy (non-hydrogen) atoms. The molecule has 3 aromatic heterocycles. The summed E-state index contributed by atoms with van der Waals surface area (Å²) in [6.07, 6.45) is 7.58. The van der Waals surface area contributed by atoms with Crippen LogP contribution in [0.2, 0.25) is 0 Å². The van der Waals surface area contributed by atoms with Gasteiger partial charge >= 0.3 is 0 Å². The van der Waals surface area contributed by atoms with E-state index in [0.717, 1.165) is 22.6 Å². The van der Waals surface area contributed by atoms with E-state index in [1.54, 1.807) is 15.4 Å². The molecular formula is C12H14N6. The molecule has 92 valence electrons. The fourth-order valence-corrected chi connectivity index (χ4v) is 1.84. The van der Waals surface area contributed by atoms with Crippen LogP contribution >= 0.6 is 0 Å². The Balaban J connectivity index is 1.78. The first-order chi connectivity index (χ1) is 8.70. The first kappa shape index (κ1) is 10.8. The van der Waals surface area contributed by atoms with Crippen LogP contribution in [0, 0.1) is 6.92 Å². The minimum Gasteiger partial charge on any atom is -0.378 e. The van der Waals surface area contributed by atoms with E-state index >= 15 is 0 Å². The van der Waals surface area contributed by atoms with Crippen molar-refractivity contribution in [3.63, 3.8) is 0 Å². The Morgan fingerprint density at radius 3 is 2.94 bits per heavy atom. The van der Waals surface area contributed by atoms with Gasteiger partial charge in [0.25, 0.3) is 0 Å². The van der Waals surface area contributed by atoms with E-state index in [1.807, 2.05) is 38.6 Å². The maximum absolute atomic E-state index is 4.36. The monoisotopic (exact) mass is 242 g/mol. The molecule has 0 aliphatic rings. The van der Waals surface area contributed by atoms with Crippen LogP contribution < -0.4 is 5.32 Å². The summed E-state index contributed by atoms with van der Waals surface area (Å²) in [5.74, 6) is 0. The van der Waals surface area contributed by atoms with Crippen molar-refractivity contribution in [3.8, 4) is 0 Å². The zero-order valence-corrected chi connectivity index (χ0v) is 10.3. The highest BCUT2D eigenvalue weighted by Gasteiger charge is 2.01. The molecule has 6 nitrogen and oxygen atoms in total. The fraction of sp³-hybridized carbons (Fsp3) is 0.250. The molecule has 0 amide bonds. The molecule has 0 spiro atoms. The van der Waals surface area contributed by atoms with Crippen LogP contribution in [0.3, 0.4) is 0 Å². The molecule has 0 aliphatic heterocycles. The highest BCUT2D eigenvalue weighted by Crippen LogP contribution is 2.08. The molecule has 0 bridgehead atoms. The van der Waals surface area contributed by atoms with Crippen molar-refractivity contribution in [1.29, 1.82) is 0 Å². The van der Waals surface area contributed by atoms with E-state index in [4.69, 9.17) is 0 Å². The number of nitrogens with one attached hydrogen (secondary N) is 1. The van der Waals surface area contributed by atoms with Gasteiger partial charge in [-0.2, -0.15) is 10.2 Å². The van der Waals surface area contributed by atoms with Crippen molar-refractivity contribution in [2.75, 3.05) is 5.32 Å². The molecular weight excluding hydrogens is 228 g/mol. The Morgan fingerprint density at radius 1 is 1.28 bits per heavy atom. The van der Waals surface area contributed by atoms with E-state index in [9.17, 15) is 0 Å². The molecule has 0 radical (unpaired) electrons. The molecule has 3 rings (SSSR count). The Hall–Kier alpha value is -2.37. The van der Waals surface area contributed by atoms with Gasteiger partial charge in [-0.15, -0.1) is 0 Å². The Labute approximate surface area is 104 Å². The number of anilines is 1. The Bertz CT molecular complexity index is 681. The second-order valence-electron chi connectivity index (χ2n) is 4.31. The van der Waals surface area contributed by atoms with Crippen molar-refractivity contribution in [2.24, 2.45) is 7.05 Å². The Kier molecular flexibility index (Phi) is 2.47. The molecule has 1 N–H and O–H groups in total. The van der Waals surface area contributed by atoms with Crippen molar-refractivity contribution < 1.29 is 0 Å². The van der Waals surface area contributed by atoms with Crippen molar-refractivity contribution in [2.45, 2.75) is 13.5 Å². The van der Waals surface area contributed by atoms with E-state index in [-0.39, 0.29) is 0 Å². The van der Waals surface area contributed by atoms with Gasteiger partial charge in [-0.3, -0.25) is 4.68 Å². The lowest BCUT2D eigenvalue weighted by Crippen LogP contribution is -2.01. The van der Waals surface area contributed by atoms with Gasteiger partial charge in [0.15, 0.2) is 5.65 Å². The molecule has 0 saturated carbocycles. The molecule has 0 fully saturated rings. The van der Waals surface area contributed by atoms with Crippen LogP contribution in [0.5, 0.6) is 0 Å². The second kappa shape index (κ2) is 4.14. The topological polar surface area (TPSA) is 60.0 Å².